The van der Waals surface area contributed by atoms with E-state index in [1.807, 2.05) is 34.9 Å². The van der Waals surface area contributed by atoms with Crippen molar-refractivity contribution in [2.75, 3.05) is 66.0 Å². The van der Waals surface area contributed by atoms with E-state index in [-0.39, 0.29) is 11.8 Å². The SMILES string of the molecule is COc1cc(C(=O)N2CCN(CCC(=O)N3CCNCC3)CC2)ccc1C. The fourth-order valence-electron chi connectivity index (χ4n) is 3.64. The number of nitrogens with one attached hydrogen (secondary N) is 1. The third-order valence-electron chi connectivity index (χ3n) is 5.43. The van der Waals surface area contributed by atoms with Gasteiger partial charge >= 0.3 is 0 Å². The Hall–Kier alpha value is -2.12. The molecule has 3 rings (SSSR count). The number of hydrogen-bond acceptors (Lipinski definition) is 5. The van der Waals surface area contributed by atoms with Crippen LogP contribution in [0.5, 0.6) is 5.75 Å². The Morgan fingerprint density at radius 3 is 2.41 bits per heavy atom. The fraction of sp³-hybridized carbons (Fsp3) is 0.600. The van der Waals surface area contributed by atoms with Crippen molar-refractivity contribution in [2.45, 2.75) is 13.3 Å². The highest BCUT2D eigenvalue weighted by Crippen LogP contribution is 2.20. The Morgan fingerprint density at radius 1 is 1.04 bits per heavy atom. The maximum atomic E-state index is 12.7. The van der Waals surface area contributed by atoms with Crippen LogP contribution in [0.25, 0.3) is 0 Å². The molecule has 27 heavy (non-hydrogen) atoms. The number of hydrogen-bond donors (Lipinski definition) is 1. The topological polar surface area (TPSA) is 65.1 Å². The molecule has 2 aliphatic rings. The lowest BCUT2D eigenvalue weighted by molar-refractivity contribution is -0.132. The van der Waals surface area contributed by atoms with E-state index in [9.17, 15) is 9.59 Å². The molecule has 1 aromatic carbocycles. The van der Waals surface area contributed by atoms with E-state index in [4.69, 9.17) is 4.74 Å². The van der Waals surface area contributed by atoms with Crippen molar-refractivity contribution in [3.05, 3.63) is 29.3 Å². The van der Waals surface area contributed by atoms with Gasteiger partial charge in [0.1, 0.15) is 5.75 Å². The Balaban J connectivity index is 1.45. The average molecular weight is 374 g/mol. The Morgan fingerprint density at radius 2 is 1.74 bits per heavy atom. The van der Waals surface area contributed by atoms with Gasteiger partial charge < -0.3 is 19.9 Å². The van der Waals surface area contributed by atoms with Crippen LogP contribution in [0, 0.1) is 6.92 Å². The number of rotatable bonds is 5. The van der Waals surface area contributed by atoms with Gasteiger partial charge in [-0.2, -0.15) is 0 Å². The molecular weight excluding hydrogens is 344 g/mol. The van der Waals surface area contributed by atoms with Crippen molar-refractivity contribution in [1.82, 2.24) is 20.0 Å². The average Bonchev–Trinajstić information content (AvgIpc) is 2.73. The van der Waals surface area contributed by atoms with Gasteiger partial charge in [-0.15, -0.1) is 0 Å². The van der Waals surface area contributed by atoms with Crippen molar-refractivity contribution >= 4 is 11.8 Å². The molecule has 0 aromatic heterocycles. The molecule has 2 heterocycles. The van der Waals surface area contributed by atoms with E-state index in [2.05, 4.69) is 10.2 Å². The van der Waals surface area contributed by atoms with Crippen molar-refractivity contribution in [2.24, 2.45) is 0 Å². The molecule has 148 valence electrons. The van der Waals surface area contributed by atoms with Gasteiger partial charge in [-0.3, -0.25) is 14.5 Å². The van der Waals surface area contributed by atoms with Crippen molar-refractivity contribution < 1.29 is 14.3 Å². The Labute approximate surface area is 161 Å². The molecular formula is C20H30N4O3. The first-order valence-electron chi connectivity index (χ1n) is 9.73. The molecule has 0 aliphatic carbocycles. The van der Waals surface area contributed by atoms with Gasteiger partial charge in [0.15, 0.2) is 0 Å². The largest absolute Gasteiger partial charge is 0.496 e. The van der Waals surface area contributed by atoms with Crippen LogP contribution < -0.4 is 10.1 Å². The second-order valence-corrected chi connectivity index (χ2v) is 7.20. The summed E-state index contributed by atoms with van der Waals surface area (Å²) < 4.78 is 5.33. The van der Waals surface area contributed by atoms with Crippen molar-refractivity contribution in [3.63, 3.8) is 0 Å². The first-order valence-corrected chi connectivity index (χ1v) is 9.73. The molecule has 0 radical (unpaired) electrons. The van der Waals surface area contributed by atoms with Gasteiger partial charge in [0.25, 0.3) is 5.91 Å². The molecule has 2 fully saturated rings. The van der Waals surface area contributed by atoms with Gasteiger partial charge in [0, 0.05) is 70.9 Å². The maximum absolute atomic E-state index is 12.7. The van der Waals surface area contributed by atoms with Crippen LogP contribution in [-0.4, -0.2) is 92.5 Å². The van der Waals surface area contributed by atoms with E-state index in [0.29, 0.717) is 25.1 Å². The zero-order valence-electron chi connectivity index (χ0n) is 16.4. The normalized spacial score (nSPS) is 18.4. The smallest absolute Gasteiger partial charge is 0.254 e. The summed E-state index contributed by atoms with van der Waals surface area (Å²) in [4.78, 5) is 31.1. The molecule has 2 aliphatic heterocycles. The third kappa shape index (κ3) is 4.99. The van der Waals surface area contributed by atoms with Gasteiger partial charge in [0.2, 0.25) is 5.91 Å². The number of carbonyl (C=O) groups is 2. The first kappa shape index (κ1) is 19.6. The highest BCUT2D eigenvalue weighted by Gasteiger charge is 2.24. The molecule has 0 bridgehead atoms. The van der Waals surface area contributed by atoms with Crippen LogP contribution in [0.3, 0.4) is 0 Å². The van der Waals surface area contributed by atoms with E-state index in [1.165, 1.54) is 0 Å². The van der Waals surface area contributed by atoms with Crippen molar-refractivity contribution in [1.29, 1.82) is 0 Å². The molecule has 0 spiro atoms. The van der Waals surface area contributed by atoms with Gasteiger partial charge in [-0.05, 0) is 24.6 Å². The van der Waals surface area contributed by atoms with Crippen LogP contribution in [0.15, 0.2) is 18.2 Å². The minimum Gasteiger partial charge on any atom is -0.496 e. The summed E-state index contributed by atoms with van der Waals surface area (Å²) >= 11 is 0. The first-order chi connectivity index (χ1) is 13.1. The second-order valence-electron chi connectivity index (χ2n) is 7.20. The molecule has 1 N–H and O–H groups in total. The summed E-state index contributed by atoms with van der Waals surface area (Å²) in [5, 5.41) is 3.26. The fourth-order valence-corrected chi connectivity index (χ4v) is 3.64. The zero-order valence-corrected chi connectivity index (χ0v) is 16.4. The summed E-state index contributed by atoms with van der Waals surface area (Å²) in [5.41, 5.74) is 1.69. The van der Waals surface area contributed by atoms with Crippen molar-refractivity contribution in [3.8, 4) is 5.75 Å². The van der Waals surface area contributed by atoms with E-state index >= 15 is 0 Å². The molecule has 0 saturated carbocycles. The number of methoxy groups -OCH3 is 1. The number of piperazine rings is 2. The predicted octanol–water partition coefficient (Wildman–Crippen LogP) is 0.583. The molecule has 1 aromatic rings. The number of carbonyl (C=O) groups excluding carboxylic acids is 2. The summed E-state index contributed by atoms with van der Waals surface area (Å²) in [6.45, 7) is 9.12. The van der Waals surface area contributed by atoms with Gasteiger partial charge in [-0.25, -0.2) is 0 Å². The van der Waals surface area contributed by atoms with Crippen LogP contribution in [0.2, 0.25) is 0 Å². The molecule has 2 saturated heterocycles. The van der Waals surface area contributed by atoms with E-state index < -0.39 is 0 Å². The van der Waals surface area contributed by atoms with Crippen LogP contribution in [0.1, 0.15) is 22.3 Å². The number of aryl methyl sites for hydroxylation is 1. The predicted molar refractivity (Wildman–Crippen MR) is 104 cm³/mol. The van der Waals surface area contributed by atoms with Crippen LogP contribution >= 0.6 is 0 Å². The lowest BCUT2D eigenvalue weighted by Crippen LogP contribution is -2.50. The van der Waals surface area contributed by atoms with Gasteiger partial charge in [-0.1, -0.05) is 6.07 Å². The van der Waals surface area contributed by atoms with Crippen LogP contribution in [0.4, 0.5) is 0 Å². The summed E-state index contributed by atoms with van der Waals surface area (Å²) in [5.74, 6) is 1.03. The Kier molecular flexibility index (Phi) is 6.68. The second kappa shape index (κ2) is 9.19. The zero-order chi connectivity index (χ0) is 19.2. The molecule has 7 nitrogen and oxygen atoms in total. The third-order valence-corrected chi connectivity index (χ3v) is 5.43. The van der Waals surface area contributed by atoms with E-state index in [1.54, 1.807) is 7.11 Å². The summed E-state index contributed by atoms with van der Waals surface area (Å²) in [7, 11) is 1.62. The lowest BCUT2D eigenvalue weighted by atomic mass is 10.1. The van der Waals surface area contributed by atoms with Crippen LogP contribution in [-0.2, 0) is 4.79 Å². The lowest BCUT2D eigenvalue weighted by Gasteiger charge is -2.35. The highest BCUT2D eigenvalue weighted by molar-refractivity contribution is 5.94. The summed E-state index contributed by atoms with van der Waals surface area (Å²) in [6, 6.07) is 5.60. The monoisotopic (exact) mass is 374 g/mol. The maximum Gasteiger partial charge on any atom is 0.254 e. The minimum absolute atomic E-state index is 0.0462. The summed E-state index contributed by atoms with van der Waals surface area (Å²) in [6.07, 6.45) is 0.559. The number of benzene rings is 1. The molecule has 2 amide bonds. The molecule has 0 atom stereocenters. The Bertz CT molecular complexity index is 665. The molecule has 7 heteroatoms. The minimum atomic E-state index is 0.0462. The highest BCUT2D eigenvalue weighted by atomic mass is 16.5. The number of amides is 2. The number of nitrogens with zero attached hydrogens (tertiary/aromatic N) is 3. The molecule has 0 unspecified atom stereocenters. The standard InChI is InChI=1S/C20H30N4O3/c1-16-3-4-17(15-18(16)27-2)20(26)24-13-11-22(12-14-24)8-5-19(25)23-9-6-21-7-10-23/h3-4,15,21H,5-14H2,1-2H3. The van der Waals surface area contributed by atoms with E-state index in [0.717, 1.165) is 57.1 Å². The quantitative estimate of drug-likeness (QED) is 0.817. The van der Waals surface area contributed by atoms with Gasteiger partial charge in [0.05, 0.1) is 7.11 Å². The number of ether oxygens (including phenoxy) is 1.